The van der Waals surface area contributed by atoms with Crippen molar-refractivity contribution in [2.24, 2.45) is 12.5 Å². The predicted octanol–water partition coefficient (Wildman–Crippen LogP) is 2.98. The van der Waals surface area contributed by atoms with Crippen LogP contribution in [0.15, 0.2) is 18.2 Å². The molecule has 21 heavy (non-hydrogen) atoms. The molecule has 0 spiro atoms. The normalized spacial score (nSPS) is 13.0. The van der Waals surface area contributed by atoms with Crippen LogP contribution in [0.25, 0.3) is 11.0 Å². The number of imidazole rings is 1. The molecule has 0 bridgehead atoms. The van der Waals surface area contributed by atoms with Gasteiger partial charge in [-0.25, -0.2) is 9.78 Å². The smallest absolute Gasteiger partial charge is 0.338 e. The quantitative estimate of drug-likeness (QED) is 0.813. The van der Waals surface area contributed by atoms with Gasteiger partial charge in [-0.1, -0.05) is 0 Å². The van der Waals surface area contributed by atoms with Gasteiger partial charge in [-0.05, 0) is 45.9 Å². The second-order valence-electron chi connectivity index (χ2n) is 5.80. The monoisotopic (exact) mass is 285 g/mol. The van der Waals surface area contributed by atoms with Gasteiger partial charge in [-0.3, -0.25) is 0 Å². The van der Waals surface area contributed by atoms with Gasteiger partial charge in [0, 0.05) is 7.05 Å². The Morgan fingerprint density at radius 3 is 2.76 bits per heavy atom. The molecule has 2 rings (SSSR count). The molecule has 2 aromatic rings. The van der Waals surface area contributed by atoms with Gasteiger partial charge in [0.25, 0.3) is 0 Å². The summed E-state index contributed by atoms with van der Waals surface area (Å²) in [5, 5.41) is 9.07. The first kappa shape index (κ1) is 15.0. The lowest BCUT2D eigenvalue weighted by atomic mass is 9.89. The Labute approximate surface area is 124 Å². The number of carbonyl (C=O) groups is 1. The van der Waals surface area contributed by atoms with Crippen LogP contribution in [0.5, 0.6) is 0 Å². The van der Waals surface area contributed by atoms with Gasteiger partial charge in [0.15, 0.2) is 0 Å². The van der Waals surface area contributed by atoms with Crippen molar-refractivity contribution in [3.63, 3.8) is 0 Å². The zero-order valence-corrected chi connectivity index (χ0v) is 13.0. The Morgan fingerprint density at radius 1 is 1.48 bits per heavy atom. The van der Waals surface area contributed by atoms with E-state index in [1.807, 2.05) is 24.6 Å². The van der Waals surface area contributed by atoms with Crippen molar-refractivity contribution in [2.75, 3.05) is 0 Å². The van der Waals surface area contributed by atoms with Crippen molar-refractivity contribution in [3.8, 4) is 6.07 Å². The van der Waals surface area contributed by atoms with E-state index in [2.05, 4.69) is 11.1 Å². The fourth-order valence-electron chi connectivity index (χ4n) is 1.91. The van der Waals surface area contributed by atoms with Crippen LogP contribution >= 0.6 is 0 Å². The summed E-state index contributed by atoms with van der Waals surface area (Å²) in [4.78, 5) is 16.6. The molecule has 5 nitrogen and oxygen atoms in total. The highest BCUT2D eigenvalue weighted by molar-refractivity contribution is 5.93. The third-order valence-electron chi connectivity index (χ3n) is 3.93. The Kier molecular flexibility index (Phi) is 3.73. The van der Waals surface area contributed by atoms with E-state index in [1.165, 1.54) is 0 Å². The van der Waals surface area contributed by atoms with E-state index in [0.717, 1.165) is 16.9 Å². The number of ether oxygens (including phenoxy) is 1. The number of carbonyl (C=O) groups excluding carboxylic acids is 1. The third-order valence-corrected chi connectivity index (χ3v) is 3.93. The fourth-order valence-corrected chi connectivity index (χ4v) is 1.91. The van der Waals surface area contributed by atoms with E-state index in [4.69, 9.17) is 10.00 Å². The Morgan fingerprint density at radius 2 is 2.14 bits per heavy atom. The number of nitrogens with zero attached hydrogens (tertiary/aromatic N) is 3. The number of aryl methyl sites for hydroxylation is 2. The highest BCUT2D eigenvalue weighted by Crippen LogP contribution is 2.23. The van der Waals surface area contributed by atoms with Crippen LogP contribution in [0.4, 0.5) is 0 Å². The number of aromatic nitrogens is 2. The zero-order chi connectivity index (χ0) is 15.8. The molecular formula is C16H19N3O2. The first-order valence-electron chi connectivity index (χ1n) is 6.81. The molecule has 0 aliphatic rings. The van der Waals surface area contributed by atoms with Crippen LogP contribution in [0.2, 0.25) is 0 Å². The average molecular weight is 285 g/mol. The van der Waals surface area contributed by atoms with E-state index in [1.54, 1.807) is 32.9 Å². The maximum Gasteiger partial charge on any atom is 0.338 e. The van der Waals surface area contributed by atoms with E-state index in [9.17, 15) is 4.79 Å². The lowest BCUT2D eigenvalue weighted by molar-refractivity contribution is 0.0129. The molecule has 1 atom stereocenters. The summed E-state index contributed by atoms with van der Waals surface area (Å²) < 4.78 is 7.35. The minimum Gasteiger partial charge on any atom is -0.457 e. The van der Waals surface area contributed by atoms with E-state index in [0.29, 0.717) is 5.56 Å². The third kappa shape index (κ3) is 2.75. The lowest BCUT2D eigenvalue weighted by Gasteiger charge is -2.24. The van der Waals surface area contributed by atoms with Crippen molar-refractivity contribution < 1.29 is 9.53 Å². The molecule has 0 aliphatic heterocycles. The van der Waals surface area contributed by atoms with Gasteiger partial charge >= 0.3 is 5.97 Å². The lowest BCUT2D eigenvalue weighted by Crippen LogP contribution is -2.30. The summed E-state index contributed by atoms with van der Waals surface area (Å²) >= 11 is 0. The van der Waals surface area contributed by atoms with Crippen LogP contribution < -0.4 is 0 Å². The predicted molar refractivity (Wildman–Crippen MR) is 79.7 cm³/mol. The highest BCUT2D eigenvalue weighted by Gasteiger charge is 2.29. The molecule has 0 fully saturated rings. The van der Waals surface area contributed by atoms with Gasteiger partial charge in [0.1, 0.15) is 11.9 Å². The number of fused-ring (bicyclic) bond motifs is 1. The Hall–Kier alpha value is -2.35. The molecular weight excluding hydrogens is 266 g/mol. The van der Waals surface area contributed by atoms with Gasteiger partial charge < -0.3 is 9.30 Å². The van der Waals surface area contributed by atoms with Crippen LogP contribution in [0.1, 0.15) is 37.0 Å². The summed E-state index contributed by atoms with van der Waals surface area (Å²) in [6.07, 6.45) is -0.490. The zero-order valence-electron chi connectivity index (χ0n) is 13.0. The number of esters is 1. The summed E-state index contributed by atoms with van der Waals surface area (Å²) in [6, 6.07) is 7.44. The Balaban J connectivity index is 2.26. The minimum absolute atomic E-state index is 0.434. The topological polar surface area (TPSA) is 67.9 Å². The minimum atomic E-state index is -0.721. The van der Waals surface area contributed by atoms with E-state index < -0.39 is 17.5 Å². The highest BCUT2D eigenvalue weighted by atomic mass is 16.5. The van der Waals surface area contributed by atoms with E-state index >= 15 is 0 Å². The number of hydrogen-bond acceptors (Lipinski definition) is 4. The number of benzene rings is 1. The van der Waals surface area contributed by atoms with Gasteiger partial charge in [-0.15, -0.1) is 0 Å². The second kappa shape index (κ2) is 5.21. The van der Waals surface area contributed by atoms with Crippen molar-refractivity contribution in [3.05, 3.63) is 29.6 Å². The standard InChI is InChI=1S/C16H19N3O2/c1-10(16(3,4)9-17)21-15(20)12-6-7-14-13(8-12)18-11(2)19(14)5/h6-8,10H,1-5H3/t10-/m1/s1. The van der Waals surface area contributed by atoms with Gasteiger partial charge in [0.05, 0.1) is 28.1 Å². The Bertz CT molecular complexity index is 738. The molecule has 0 radical (unpaired) electrons. The van der Waals surface area contributed by atoms with Crippen molar-refractivity contribution in [1.29, 1.82) is 5.26 Å². The molecule has 0 unspecified atom stereocenters. The number of nitriles is 1. The van der Waals surface area contributed by atoms with Crippen LogP contribution in [0, 0.1) is 23.7 Å². The van der Waals surface area contributed by atoms with Crippen molar-refractivity contribution in [1.82, 2.24) is 9.55 Å². The molecule has 5 heteroatoms. The largest absolute Gasteiger partial charge is 0.457 e. The molecule has 1 aromatic carbocycles. The van der Waals surface area contributed by atoms with Crippen LogP contribution in [0.3, 0.4) is 0 Å². The first-order valence-corrected chi connectivity index (χ1v) is 6.81. The molecule has 0 amide bonds. The molecule has 0 N–H and O–H groups in total. The van der Waals surface area contributed by atoms with Crippen molar-refractivity contribution in [2.45, 2.75) is 33.8 Å². The van der Waals surface area contributed by atoms with Crippen LogP contribution in [-0.2, 0) is 11.8 Å². The number of hydrogen-bond donors (Lipinski definition) is 0. The maximum absolute atomic E-state index is 12.2. The molecule has 1 aromatic heterocycles. The molecule has 0 saturated heterocycles. The average Bonchev–Trinajstić information content (AvgIpc) is 2.73. The molecule has 0 saturated carbocycles. The van der Waals surface area contributed by atoms with Gasteiger partial charge in [0.2, 0.25) is 0 Å². The summed E-state index contributed by atoms with van der Waals surface area (Å²) in [6.45, 7) is 7.13. The van der Waals surface area contributed by atoms with Gasteiger partial charge in [-0.2, -0.15) is 5.26 Å². The molecule has 0 aliphatic carbocycles. The van der Waals surface area contributed by atoms with Crippen molar-refractivity contribution >= 4 is 17.0 Å². The number of rotatable bonds is 3. The summed E-state index contributed by atoms with van der Waals surface area (Å²) in [5.74, 6) is 0.450. The summed E-state index contributed by atoms with van der Waals surface area (Å²) in [5.41, 5.74) is 1.45. The van der Waals surface area contributed by atoms with Crippen LogP contribution in [-0.4, -0.2) is 21.6 Å². The SMILES string of the molecule is Cc1nc2cc(C(=O)O[C@H](C)C(C)(C)C#N)ccc2n1C. The molecule has 110 valence electrons. The second-order valence-corrected chi connectivity index (χ2v) is 5.80. The first-order chi connectivity index (χ1) is 9.76. The van der Waals surface area contributed by atoms with E-state index in [-0.39, 0.29) is 0 Å². The maximum atomic E-state index is 12.2. The fraction of sp³-hybridized carbons (Fsp3) is 0.438. The molecule has 1 heterocycles. The summed E-state index contributed by atoms with van der Waals surface area (Å²) in [7, 11) is 1.93.